The van der Waals surface area contributed by atoms with Crippen LogP contribution in [0, 0.1) is 0 Å². The SMILES string of the molecule is [BiH3].[O]=[Fe](=[O])=[O]. The molecule has 0 bridgehead atoms. The van der Waals surface area contributed by atoms with Gasteiger partial charge in [-0.2, -0.15) is 0 Å². The van der Waals surface area contributed by atoms with Crippen molar-refractivity contribution in [3.05, 3.63) is 0 Å². The second-order valence-electron chi connectivity index (χ2n) is 0.177. The summed E-state index contributed by atoms with van der Waals surface area (Å²) < 4.78 is 25.5. The molecule has 0 spiro atoms. The summed E-state index contributed by atoms with van der Waals surface area (Å²) in [6.45, 7) is 0. The Balaban J connectivity index is 0. The zero-order chi connectivity index (χ0) is 3.58. The first kappa shape index (κ1) is 9.26. The van der Waals surface area contributed by atoms with E-state index in [0.717, 1.165) is 0 Å². The zero-order valence-electron chi connectivity index (χ0n) is 2.29. The monoisotopic (exact) mass is 316 g/mol. The second kappa shape index (κ2) is 4.80. The molecule has 0 radical (unpaired) electrons. The number of hydrogen-bond acceptors (Lipinski definition) is 3. The van der Waals surface area contributed by atoms with Gasteiger partial charge in [-0.05, 0) is 0 Å². The van der Waals surface area contributed by atoms with Gasteiger partial charge in [0.15, 0.2) is 0 Å². The van der Waals surface area contributed by atoms with E-state index in [1.54, 1.807) is 0 Å². The van der Waals surface area contributed by atoms with Crippen molar-refractivity contribution in [1.82, 2.24) is 0 Å². The summed E-state index contributed by atoms with van der Waals surface area (Å²) in [5.41, 5.74) is 0. The van der Waals surface area contributed by atoms with Crippen molar-refractivity contribution < 1.29 is 25.2 Å². The minimum absolute atomic E-state index is 0. The van der Waals surface area contributed by atoms with E-state index in [4.69, 9.17) is 11.5 Å². The summed E-state index contributed by atoms with van der Waals surface area (Å²) in [6, 6.07) is 0. The first-order valence-corrected chi connectivity index (χ1v) is 1.79. The van der Waals surface area contributed by atoms with Crippen LogP contribution in [0.3, 0.4) is 0 Å². The molecule has 0 aliphatic carbocycles. The van der Waals surface area contributed by atoms with Crippen molar-refractivity contribution in [2.75, 3.05) is 0 Å². The van der Waals surface area contributed by atoms with Crippen LogP contribution >= 0.6 is 0 Å². The fourth-order valence-electron chi connectivity index (χ4n) is 0. The van der Waals surface area contributed by atoms with E-state index in [9.17, 15) is 0 Å². The van der Waals surface area contributed by atoms with E-state index >= 15 is 0 Å². The molecule has 0 aliphatic rings. The van der Waals surface area contributed by atoms with Crippen molar-refractivity contribution in [2.24, 2.45) is 0 Å². The van der Waals surface area contributed by atoms with Crippen molar-refractivity contribution >= 4 is 26.2 Å². The van der Waals surface area contributed by atoms with Gasteiger partial charge in [0.05, 0.1) is 0 Å². The van der Waals surface area contributed by atoms with E-state index in [1.165, 1.54) is 0 Å². The predicted octanol–water partition coefficient (Wildman–Crippen LogP) is -1.54. The van der Waals surface area contributed by atoms with Crippen LogP contribution in [0.25, 0.3) is 0 Å². The minimum atomic E-state index is -3.50. The van der Waals surface area contributed by atoms with E-state index in [-0.39, 0.29) is 26.2 Å². The molecular weight excluding hydrogens is 313 g/mol. The molecule has 5 heavy (non-hydrogen) atoms. The van der Waals surface area contributed by atoms with Crippen LogP contribution in [0.4, 0.5) is 0 Å². The van der Waals surface area contributed by atoms with E-state index in [1.807, 2.05) is 0 Å². The molecule has 0 unspecified atom stereocenters. The van der Waals surface area contributed by atoms with Gasteiger partial charge in [0.2, 0.25) is 0 Å². The first-order valence-electron chi connectivity index (χ1n) is 0.433. The summed E-state index contributed by atoms with van der Waals surface area (Å²) in [6.07, 6.45) is 0. The van der Waals surface area contributed by atoms with Gasteiger partial charge in [-0.1, -0.05) is 0 Å². The normalized spacial score (nSPS) is 6.60. The van der Waals surface area contributed by atoms with Crippen molar-refractivity contribution in [1.29, 1.82) is 0 Å². The molecule has 3 nitrogen and oxygen atoms in total. The van der Waals surface area contributed by atoms with Crippen LogP contribution in [-0.2, 0) is 25.2 Å². The van der Waals surface area contributed by atoms with E-state index in [0.29, 0.717) is 0 Å². The molecule has 0 saturated carbocycles. The van der Waals surface area contributed by atoms with Crippen LogP contribution in [0.2, 0.25) is 0 Å². The molecule has 0 N–H and O–H groups in total. The number of hydrogen-bond donors (Lipinski definition) is 0. The molecule has 0 atom stereocenters. The van der Waals surface area contributed by atoms with Gasteiger partial charge in [0, 0.05) is 0 Å². The Bertz CT molecular complexity index is 76.3. The molecular formula is H3BiFeO3. The third kappa shape index (κ3) is 58.6. The van der Waals surface area contributed by atoms with Gasteiger partial charge in [-0.3, -0.25) is 0 Å². The Morgan fingerprint density at radius 2 is 1.00 bits per heavy atom. The molecule has 0 aliphatic heterocycles. The van der Waals surface area contributed by atoms with Crippen molar-refractivity contribution in [3.8, 4) is 0 Å². The van der Waals surface area contributed by atoms with Gasteiger partial charge < -0.3 is 0 Å². The van der Waals surface area contributed by atoms with E-state index in [2.05, 4.69) is 0 Å². The Morgan fingerprint density at radius 3 is 1.00 bits per heavy atom. The molecule has 0 aromatic rings. The quantitative estimate of drug-likeness (QED) is 0.509. The molecule has 0 aromatic heterocycles. The average Bonchev–Trinajstić information content (AvgIpc) is 0.811. The zero-order valence-corrected chi connectivity index (χ0v) is 8.89. The third-order valence-corrected chi connectivity index (χ3v) is 0. The van der Waals surface area contributed by atoms with Gasteiger partial charge in [-0.15, -0.1) is 0 Å². The summed E-state index contributed by atoms with van der Waals surface area (Å²) in [4.78, 5) is 0. The molecule has 5 heteroatoms. The van der Waals surface area contributed by atoms with Crippen LogP contribution < -0.4 is 0 Å². The Hall–Kier alpha value is 0.803. The molecule has 0 amide bonds. The Kier molecular flexibility index (Phi) is 8.89. The maximum absolute atomic E-state index is 8.50. The summed E-state index contributed by atoms with van der Waals surface area (Å²) in [5.74, 6) is 0. The summed E-state index contributed by atoms with van der Waals surface area (Å²) >= 11 is -3.50. The Labute approximate surface area is 51.4 Å². The molecule has 34 valence electrons. The summed E-state index contributed by atoms with van der Waals surface area (Å²) in [7, 11) is 0. The Morgan fingerprint density at radius 1 is 1.00 bits per heavy atom. The molecule has 0 saturated heterocycles. The van der Waals surface area contributed by atoms with Gasteiger partial charge in [-0.25, -0.2) is 0 Å². The van der Waals surface area contributed by atoms with Gasteiger partial charge in [0.1, 0.15) is 0 Å². The van der Waals surface area contributed by atoms with Crippen LogP contribution in [0.1, 0.15) is 0 Å². The average molecular weight is 316 g/mol. The van der Waals surface area contributed by atoms with Gasteiger partial charge >= 0.3 is 51.4 Å². The second-order valence-corrected chi connectivity index (χ2v) is 0.729. The third-order valence-electron chi connectivity index (χ3n) is 0. The molecule has 0 aromatic carbocycles. The van der Waals surface area contributed by atoms with Crippen LogP contribution in [0.15, 0.2) is 0 Å². The topological polar surface area (TPSA) is 51.2 Å². The standard InChI is InChI=1S/Bi.Fe.3O.3H. The maximum atomic E-state index is 8.50. The van der Waals surface area contributed by atoms with Crippen LogP contribution in [0.5, 0.6) is 0 Å². The molecule has 0 heterocycles. The molecule has 0 fully saturated rings. The van der Waals surface area contributed by atoms with Crippen molar-refractivity contribution in [3.63, 3.8) is 0 Å². The van der Waals surface area contributed by atoms with Gasteiger partial charge in [0.25, 0.3) is 0 Å². The van der Waals surface area contributed by atoms with E-state index < -0.39 is 13.7 Å². The van der Waals surface area contributed by atoms with Crippen molar-refractivity contribution in [2.45, 2.75) is 0 Å². The summed E-state index contributed by atoms with van der Waals surface area (Å²) in [5, 5.41) is 0. The van der Waals surface area contributed by atoms with Crippen LogP contribution in [-0.4, -0.2) is 26.2 Å². The fourth-order valence-corrected chi connectivity index (χ4v) is 0. The first-order chi connectivity index (χ1) is 1.73. The number of rotatable bonds is 0. The molecule has 0 rings (SSSR count). The fraction of sp³-hybridized carbons (Fsp3) is 0. The predicted molar refractivity (Wildman–Crippen MR) is 12.0 cm³/mol.